The average molecular weight is 158 g/mol. The molecule has 1 aliphatic heterocycles. The third-order valence-electron chi connectivity index (χ3n) is 1.55. The van der Waals surface area contributed by atoms with Gasteiger partial charge < -0.3 is 14.2 Å². The van der Waals surface area contributed by atoms with Crippen molar-refractivity contribution in [3.8, 4) is 0 Å². The molecule has 3 nitrogen and oxygen atoms in total. The molecule has 0 aromatic rings. The third-order valence-corrected chi connectivity index (χ3v) is 1.55. The highest BCUT2D eigenvalue weighted by atomic mass is 16.7. The molecule has 1 rings (SSSR count). The lowest BCUT2D eigenvalue weighted by atomic mass is 10.1. The van der Waals surface area contributed by atoms with E-state index in [4.69, 9.17) is 14.2 Å². The molecule has 0 bridgehead atoms. The molecule has 64 valence electrons. The molecule has 3 heteroatoms. The van der Waals surface area contributed by atoms with Gasteiger partial charge in [-0.15, -0.1) is 0 Å². The van der Waals surface area contributed by atoms with E-state index in [9.17, 15) is 0 Å². The van der Waals surface area contributed by atoms with Crippen LogP contribution in [0.3, 0.4) is 0 Å². The van der Waals surface area contributed by atoms with Gasteiger partial charge in [0.1, 0.15) is 19.0 Å². The van der Waals surface area contributed by atoms with Crippen molar-refractivity contribution in [3.05, 3.63) is 12.2 Å². The summed E-state index contributed by atoms with van der Waals surface area (Å²) >= 11 is 0. The Kier molecular flexibility index (Phi) is 3.05. The van der Waals surface area contributed by atoms with Gasteiger partial charge in [0.2, 0.25) is 0 Å². The number of methoxy groups -OCH3 is 1. The van der Waals surface area contributed by atoms with Gasteiger partial charge in [-0.05, 0) is 12.5 Å². The van der Waals surface area contributed by atoms with E-state index in [0.29, 0.717) is 6.79 Å². The van der Waals surface area contributed by atoms with Crippen LogP contribution < -0.4 is 0 Å². The van der Waals surface area contributed by atoms with Gasteiger partial charge in [-0.3, -0.25) is 0 Å². The first-order valence-corrected chi connectivity index (χ1v) is 3.63. The van der Waals surface area contributed by atoms with Crippen LogP contribution in [0.5, 0.6) is 0 Å². The second kappa shape index (κ2) is 3.85. The largest absolute Gasteiger partial charge is 0.370 e. The van der Waals surface area contributed by atoms with E-state index >= 15 is 0 Å². The van der Waals surface area contributed by atoms with Crippen molar-refractivity contribution < 1.29 is 14.2 Å². The molecule has 0 aromatic heterocycles. The smallest absolute Gasteiger partial charge is 0.147 e. The Hall–Kier alpha value is -0.380. The topological polar surface area (TPSA) is 31.0 Å². The van der Waals surface area contributed by atoms with Crippen LogP contribution in [0.1, 0.15) is 6.92 Å². The first kappa shape index (κ1) is 8.71. The Balaban J connectivity index is 2.26. The molecule has 0 aliphatic carbocycles. The number of hydrogen-bond donors (Lipinski definition) is 0. The van der Waals surface area contributed by atoms with Gasteiger partial charge in [0.15, 0.2) is 0 Å². The second-order valence-corrected chi connectivity index (χ2v) is 2.71. The third kappa shape index (κ3) is 2.61. The van der Waals surface area contributed by atoms with Crippen molar-refractivity contribution in [2.45, 2.75) is 19.1 Å². The van der Waals surface area contributed by atoms with Crippen LogP contribution in [-0.2, 0) is 14.2 Å². The van der Waals surface area contributed by atoms with Crippen LogP contribution in [0, 0.1) is 0 Å². The van der Waals surface area contributed by atoms with Crippen molar-refractivity contribution >= 4 is 0 Å². The lowest BCUT2D eigenvalue weighted by Crippen LogP contribution is -2.21. The molecule has 1 fully saturated rings. The number of rotatable bonds is 5. The maximum atomic E-state index is 5.33. The maximum Gasteiger partial charge on any atom is 0.147 e. The predicted molar refractivity (Wildman–Crippen MR) is 41.3 cm³/mol. The van der Waals surface area contributed by atoms with Crippen molar-refractivity contribution in [2.75, 3.05) is 20.5 Å². The number of ether oxygens (including phenoxy) is 3. The minimum atomic E-state index is 0.00921. The summed E-state index contributed by atoms with van der Waals surface area (Å²) in [5.41, 5.74) is 0.990. The first-order valence-electron chi connectivity index (χ1n) is 3.63. The Labute approximate surface area is 66.9 Å². The van der Waals surface area contributed by atoms with E-state index in [0.717, 1.165) is 12.2 Å². The van der Waals surface area contributed by atoms with Gasteiger partial charge in [-0.25, -0.2) is 0 Å². The highest BCUT2D eigenvalue weighted by Gasteiger charge is 2.33. The summed E-state index contributed by atoms with van der Waals surface area (Å²) in [6, 6.07) is 0. The minimum absolute atomic E-state index is 0.00921. The molecule has 0 unspecified atom stereocenters. The molecule has 0 aromatic carbocycles. The van der Waals surface area contributed by atoms with E-state index in [2.05, 4.69) is 6.58 Å². The summed E-state index contributed by atoms with van der Waals surface area (Å²) in [5, 5.41) is 0. The highest BCUT2D eigenvalue weighted by molar-refractivity contribution is 5.04. The van der Waals surface area contributed by atoms with E-state index in [-0.39, 0.29) is 12.2 Å². The fourth-order valence-electron chi connectivity index (χ4n) is 0.939. The van der Waals surface area contributed by atoms with Crippen LogP contribution in [0.15, 0.2) is 12.2 Å². The Morgan fingerprint density at radius 3 is 2.82 bits per heavy atom. The average Bonchev–Trinajstić information content (AvgIpc) is 2.71. The molecule has 0 N–H and O–H groups in total. The standard InChI is InChI=1S/C8H14O3/c1-6(2)8(7-4-10-7)11-5-9-3/h7-8H,1,4-5H2,2-3H3/t7-,8-/m1/s1. The van der Waals surface area contributed by atoms with Crippen LogP contribution in [0.4, 0.5) is 0 Å². The lowest BCUT2D eigenvalue weighted by molar-refractivity contribution is -0.0660. The predicted octanol–water partition coefficient (Wildman–Crippen LogP) is 0.950. The summed E-state index contributed by atoms with van der Waals surface area (Å²) in [4.78, 5) is 0. The summed E-state index contributed by atoms with van der Waals surface area (Å²) in [6.07, 6.45) is 0.220. The van der Waals surface area contributed by atoms with Crippen molar-refractivity contribution in [2.24, 2.45) is 0 Å². The molecule has 1 aliphatic rings. The van der Waals surface area contributed by atoms with Gasteiger partial charge in [-0.2, -0.15) is 0 Å². The van der Waals surface area contributed by atoms with Gasteiger partial charge in [0, 0.05) is 7.11 Å². The zero-order valence-electron chi connectivity index (χ0n) is 7.00. The Morgan fingerprint density at radius 1 is 1.82 bits per heavy atom. The van der Waals surface area contributed by atoms with Crippen molar-refractivity contribution in [3.63, 3.8) is 0 Å². The fourth-order valence-corrected chi connectivity index (χ4v) is 0.939. The lowest BCUT2D eigenvalue weighted by Gasteiger charge is -2.14. The molecule has 0 spiro atoms. The van der Waals surface area contributed by atoms with Gasteiger partial charge in [0.05, 0.1) is 6.61 Å². The van der Waals surface area contributed by atoms with Crippen LogP contribution in [0.2, 0.25) is 0 Å². The fraction of sp³-hybridized carbons (Fsp3) is 0.750. The Morgan fingerprint density at radius 2 is 2.45 bits per heavy atom. The maximum absolute atomic E-state index is 5.33. The monoisotopic (exact) mass is 158 g/mol. The molecule has 1 saturated heterocycles. The van der Waals surface area contributed by atoms with Crippen LogP contribution in [0.25, 0.3) is 0 Å². The van der Waals surface area contributed by atoms with E-state index in [1.165, 1.54) is 0 Å². The van der Waals surface area contributed by atoms with E-state index < -0.39 is 0 Å². The highest BCUT2D eigenvalue weighted by Crippen LogP contribution is 2.21. The normalized spacial score (nSPS) is 24.7. The van der Waals surface area contributed by atoms with Gasteiger partial charge >= 0.3 is 0 Å². The van der Waals surface area contributed by atoms with Gasteiger partial charge in [-0.1, -0.05) is 6.58 Å². The molecular weight excluding hydrogens is 144 g/mol. The minimum Gasteiger partial charge on any atom is -0.370 e. The van der Waals surface area contributed by atoms with Crippen LogP contribution >= 0.6 is 0 Å². The summed E-state index contributed by atoms with van der Waals surface area (Å²) in [7, 11) is 1.60. The Bertz CT molecular complexity index is 140. The molecule has 0 amide bonds. The summed E-state index contributed by atoms with van der Waals surface area (Å²) < 4.78 is 15.2. The van der Waals surface area contributed by atoms with Crippen molar-refractivity contribution in [1.82, 2.24) is 0 Å². The number of epoxide rings is 1. The summed E-state index contributed by atoms with van der Waals surface area (Å²) in [5.74, 6) is 0. The van der Waals surface area contributed by atoms with Crippen LogP contribution in [-0.4, -0.2) is 32.7 Å². The van der Waals surface area contributed by atoms with Gasteiger partial charge in [0.25, 0.3) is 0 Å². The SMILES string of the molecule is C=C(C)[C@@H](OCOC)[C@H]1CO1. The zero-order valence-corrected chi connectivity index (χ0v) is 7.00. The molecule has 0 saturated carbocycles. The quantitative estimate of drug-likeness (QED) is 0.339. The molecule has 1 heterocycles. The van der Waals surface area contributed by atoms with Crippen molar-refractivity contribution in [1.29, 1.82) is 0 Å². The molecular formula is C8H14O3. The second-order valence-electron chi connectivity index (χ2n) is 2.71. The molecule has 11 heavy (non-hydrogen) atoms. The zero-order chi connectivity index (χ0) is 8.27. The summed E-state index contributed by atoms with van der Waals surface area (Å²) in [6.45, 7) is 6.82. The molecule has 0 radical (unpaired) electrons. The first-order chi connectivity index (χ1) is 5.25. The molecule has 2 atom stereocenters. The van der Waals surface area contributed by atoms with E-state index in [1.807, 2.05) is 6.92 Å². The van der Waals surface area contributed by atoms with E-state index in [1.54, 1.807) is 7.11 Å². The number of hydrogen-bond acceptors (Lipinski definition) is 3.